The number of hydrogen-bond acceptors (Lipinski definition) is 3. The van der Waals surface area contributed by atoms with Crippen molar-refractivity contribution in [1.29, 1.82) is 0 Å². The van der Waals surface area contributed by atoms with Gasteiger partial charge < -0.3 is 15.4 Å². The third-order valence-corrected chi connectivity index (χ3v) is 2.50. The highest BCUT2D eigenvalue weighted by Gasteiger charge is 2.13. The molecule has 0 radical (unpaired) electrons. The van der Waals surface area contributed by atoms with Crippen molar-refractivity contribution in [2.45, 2.75) is 33.2 Å². The Labute approximate surface area is 109 Å². The standard InChI is InChI=1S/C14H22N2O2/c1-10-7-6-8-11(18-5)13(10)16-12(17)9-15-14(2,3)4/h6-8,15H,9H2,1-5H3,(H,16,17). The molecule has 100 valence electrons. The van der Waals surface area contributed by atoms with Crippen LogP contribution in [0.4, 0.5) is 5.69 Å². The van der Waals surface area contributed by atoms with E-state index in [-0.39, 0.29) is 18.0 Å². The number of rotatable bonds is 4. The van der Waals surface area contributed by atoms with Crippen LogP contribution in [-0.4, -0.2) is 25.1 Å². The summed E-state index contributed by atoms with van der Waals surface area (Å²) in [4.78, 5) is 11.9. The number of anilines is 1. The van der Waals surface area contributed by atoms with Crippen LogP contribution in [0, 0.1) is 6.92 Å². The van der Waals surface area contributed by atoms with Gasteiger partial charge in [0.05, 0.1) is 19.3 Å². The summed E-state index contributed by atoms with van der Waals surface area (Å²) in [6.45, 7) is 8.29. The van der Waals surface area contributed by atoms with Gasteiger partial charge in [0.25, 0.3) is 0 Å². The van der Waals surface area contributed by atoms with Gasteiger partial charge in [0, 0.05) is 5.54 Å². The minimum Gasteiger partial charge on any atom is -0.495 e. The van der Waals surface area contributed by atoms with Crippen LogP contribution in [0.25, 0.3) is 0 Å². The molecule has 1 aromatic rings. The van der Waals surface area contributed by atoms with Gasteiger partial charge in [-0.05, 0) is 39.3 Å². The van der Waals surface area contributed by atoms with Crippen molar-refractivity contribution in [2.24, 2.45) is 0 Å². The Morgan fingerprint density at radius 2 is 2.00 bits per heavy atom. The van der Waals surface area contributed by atoms with Crippen LogP contribution in [0.1, 0.15) is 26.3 Å². The van der Waals surface area contributed by atoms with Crippen LogP contribution in [0.15, 0.2) is 18.2 Å². The molecule has 0 fully saturated rings. The van der Waals surface area contributed by atoms with Crippen LogP contribution in [0.3, 0.4) is 0 Å². The first kappa shape index (κ1) is 14.5. The van der Waals surface area contributed by atoms with Gasteiger partial charge in [-0.3, -0.25) is 4.79 Å². The lowest BCUT2D eigenvalue weighted by molar-refractivity contribution is -0.115. The second-order valence-corrected chi connectivity index (χ2v) is 5.30. The number of nitrogens with one attached hydrogen (secondary N) is 2. The predicted octanol–water partition coefficient (Wildman–Crippen LogP) is 2.33. The average molecular weight is 250 g/mol. The van der Waals surface area contributed by atoms with E-state index in [9.17, 15) is 4.79 Å². The van der Waals surface area contributed by atoms with Gasteiger partial charge in [0.15, 0.2) is 0 Å². The molecule has 0 saturated heterocycles. The Morgan fingerprint density at radius 3 is 2.56 bits per heavy atom. The third kappa shape index (κ3) is 4.37. The zero-order chi connectivity index (χ0) is 13.8. The summed E-state index contributed by atoms with van der Waals surface area (Å²) < 4.78 is 5.24. The molecule has 0 atom stereocenters. The molecule has 0 aliphatic heterocycles. The van der Waals surface area contributed by atoms with E-state index < -0.39 is 0 Å². The fourth-order valence-electron chi connectivity index (χ4n) is 1.50. The number of ether oxygens (including phenoxy) is 1. The lowest BCUT2D eigenvalue weighted by Crippen LogP contribution is -2.41. The second kappa shape index (κ2) is 5.87. The van der Waals surface area contributed by atoms with Gasteiger partial charge in [-0.15, -0.1) is 0 Å². The highest BCUT2D eigenvalue weighted by Crippen LogP contribution is 2.27. The molecule has 0 aliphatic carbocycles. The maximum atomic E-state index is 11.9. The molecular formula is C14H22N2O2. The zero-order valence-electron chi connectivity index (χ0n) is 11.8. The molecule has 0 unspecified atom stereocenters. The SMILES string of the molecule is COc1cccc(C)c1NC(=O)CNC(C)(C)C. The number of para-hydroxylation sites is 1. The maximum Gasteiger partial charge on any atom is 0.238 e. The van der Waals surface area contributed by atoms with Gasteiger partial charge in [0.2, 0.25) is 5.91 Å². The Bertz CT molecular complexity index is 422. The van der Waals surface area contributed by atoms with E-state index in [0.717, 1.165) is 11.3 Å². The fourth-order valence-corrected chi connectivity index (χ4v) is 1.50. The highest BCUT2D eigenvalue weighted by molar-refractivity contribution is 5.94. The summed E-state index contributed by atoms with van der Waals surface area (Å²) in [5.74, 6) is 0.608. The van der Waals surface area contributed by atoms with E-state index in [1.165, 1.54) is 0 Å². The number of hydrogen-bond donors (Lipinski definition) is 2. The van der Waals surface area contributed by atoms with Crippen LogP contribution in [-0.2, 0) is 4.79 Å². The number of aryl methyl sites for hydroxylation is 1. The molecular weight excluding hydrogens is 228 g/mol. The Kier molecular flexibility index (Phi) is 4.73. The summed E-state index contributed by atoms with van der Waals surface area (Å²) in [6.07, 6.45) is 0. The normalized spacial score (nSPS) is 11.2. The van der Waals surface area contributed by atoms with Crippen molar-refractivity contribution in [3.8, 4) is 5.75 Å². The van der Waals surface area contributed by atoms with E-state index in [2.05, 4.69) is 10.6 Å². The maximum absolute atomic E-state index is 11.9. The molecule has 2 N–H and O–H groups in total. The first-order valence-corrected chi connectivity index (χ1v) is 6.02. The summed E-state index contributed by atoms with van der Waals surface area (Å²) in [5.41, 5.74) is 1.65. The quantitative estimate of drug-likeness (QED) is 0.862. The van der Waals surface area contributed by atoms with Gasteiger partial charge in [-0.1, -0.05) is 12.1 Å². The third-order valence-electron chi connectivity index (χ3n) is 2.50. The summed E-state index contributed by atoms with van der Waals surface area (Å²) in [6, 6.07) is 5.67. The van der Waals surface area contributed by atoms with Crippen molar-refractivity contribution < 1.29 is 9.53 Å². The zero-order valence-corrected chi connectivity index (χ0v) is 11.8. The molecule has 1 rings (SSSR count). The minimum atomic E-state index is -0.0762. The molecule has 1 aromatic carbocycles. The topological polar surface area (TPSA) is 50.4 Å². The Hall–Kier alpha value is -1.55. The monoisotopic (exact) mass is 250 g/mol. The van der Waals surface area contributed by atoms with Gasteiger partial charge in [-0.25, -0.2) is 0 Å². The van der Waals surface area contributed by atoms with Gasteiger partial charge >= 0.3 is 0 Å². The summed E-state index contributed by atoms with van der Waals surface area (Å²) >= 11 is 0. The number of carbonyl (C=O) groups excluding carboxylic acids is 1. The molecule has 0 bridgehead atoms. The highest BCUT2D eigenvalue weighted by atomic mass is 16.5. The first-order chi connectivity index (χ1) is 8.33. The van der Waals surface area contributed by atoms with Crippen molar-refractivity contribution in [3.05, 3.63) is 23.8 Å². The molecule has 0 aliphatic rings. The molecule has 4 nitrogen and oxygen atoms in total. The first-order valence-electron chi connectivity index (χ1n) is 6.02. The van der Waals surface area contributed by atoms with E-state index >= 15 is 0 Å². The largest absolute Gasteiger partial charge is 0.495 e. The molecule has 18 heavy (non-hydrogen) atoms. The summed E-state index contributed by atoms with van der Waals surface area (Å²) in [5, 5.41) is 6.02. The lowest BCUT2D eigenvalue weighted by Gasteiger charge is -2.20. The van der Waals surface area contributed by atoms with Crippen LogP contribution in [0.2, 0.25) is 0 Å². The van der Waals surface area contributed by atoms with Crippen LogP contribution in [0.5, 0.6) is 5.75 Å². The van der Waals surface area contributed by atoms with Gasteiger partial charge in [0.1, 0.15) is 5.75 Å². The molecule has 0 heterocycles. The van der Waals surface area contributed by atoms with Gasteiger partial charge in [-0.2, -0.15) is 0 Å². The van der Waals surface area contributed by atoms with Crippen LogP contribution < -0.4 is 15.4 Å². The average Bonchev–Trinajstić information content (AvgIpc) is 2.28. The minimum absolute atomic E-state index is 0.0717. The van der Waals surface area contributed by atoms with Crippen molar-refractivity contribution in [1.82, 2.24) is 5.32 Å². The van der Waals surface area contributed by atoms with E-state index in [1.54, 1.807) is 7.11 Å². The molecule has 1 amide bonds. The van der Waals surface area contributed by atoms with Crippen LogP contribution >= 0.6 is 0 Å². The lowest BCUT2D eigenvalue weighted by atomic mass is 10.1. The smallest absolute Gasteiger partial charge is 0.238 e. The Balaban J connectivity index is 2.70. The number of carbonyl (C=O) groups is 1. The molecule has 0 aromatic heterocycles. The van der Waals surface area contributed by atoms with Crippen molar-refractivity contribution in [3.63, 3.8) is 0 Å². The molecule has 0 spiro atoms. The summed E-state index contributed by atoms with van der Waals surface area (Å²) in [7, 11) is 1.60. The number of benzene rings is 1. The number of amides is 1. The second-order valence-electron chi connectivity index (χ2n) is 5.30. The van der Waals surface area contributed by atoms with Crippen molar-refractivity contribution in [2.75, 3.05) is 19.0 Å². The molecule has 0 saturated carbocycles. The number of methoxy groups -OCH3 is 1. The van der Waals surface area contributed by atoms with E-state index in [0.29, 0.717) is 5.75 Å². The van der Waals surface area contributed by atoms with E-state index in [1.807, 2.05) is 45.9 Å². The fraction of sp³-hybridized carbons (Fsp3) is 0.500. The predicted molar refractivity (Wildman–Crippen MR) is 74.1 cm³/mol. The Morgan fingerprint density at radius 1 is 1.33 bits per heavy atom. The van der Waals surface area contributed by atoms with Crippen molar-refractivity contribution >= 4 is 11.6 Å². The van der Waals surface area contributed by atoms with E-state index in [4.69, 9.17) is 4.74 Å². The molecule has 4 heteroatoms.